The number of hydrogen-bond acceptors (Lipinski definition) is 2. The zero-order valence-electron chi connectivity index (χ0n) is 12.5. The van der Waals surface area contributed by atoms with E-state index in [0.29, 0.717) is 0 Å². The first kappa shape index (κ1) is 17.9. The monoisotopic (exact) mass is 228 g/mol. The molecule has 2 nitrogen and oxygen atoms in total. The second kappa shape index (κ2) is 12.6. The van der Waals surface area contributed by atoms with Crippen LogP contribution < -0.4 is 0 Å². The minimum atomic E-state index is 0.978. The summed E-state index contributed by atoms with van der Waals surface area (Å²) in [6.45, 7) is 11.0. The topological polar surface area (TPSA) is 6.48 Å². The van der Waals surface area contributed by atoms with E-state index in [9.17, 15) is 0 Å². The van der Waals surface area contributed by atoms with Gasteiger partial charge in [-0.3, -0.25) is 0 Å². The molecule has 1 heterocycles. The van der Waals surface area contributed by atoms with Gasteiger partial charge < -0.3 is 9.80 Å². The maximum atomic E-state index is 2.40. The van der Waals surface area contributed by atoms with E-state index in [4.69, 9.17) is 0 Å². The van der Waals surface area contributed by atoms with Crippen molar-refractivity contribution in [3.05, 3.63) is 12.3 Å². The summed E-state index contributed by atoms with van der Waals surface area (Å²) in [7, 11) is 6.20. The molecule has 0 unspecified atom stereocenters. The van der Waals surface area contributed by atoms with Gasteiger partial charge in [-0.05, 0) is 52.0 Å². The SMILES string of the molecule is C/C=C\N(C)C.CC.CC1CCN(C)CC1. The fourth-order valence-electron chi connectivity index (χ4n) is 1.44. The quantitative estimate of drug-likeness (QED) is 0.678. The molecule has 0 aliphatic carbocycles. The Morgan fingerprint density at radius 3 is 1.75 bits per heavy atom. The van der Waals surface area contributed by atoms with Crippen molar-refractivity contribution in [2.24, 2.45) is 5.92 Å². The Bertz CT molecular complexity index is 135. The summed E-state index contributed by atoms with van der Waals surface area (Å²) in [6.07, 6.45) is 6.80. The molecule has 0 radical (unpaired) electrons. The molecule has 1 fully saturated rings. The van der Waals surface area contributed by atoms with Crippen LogP contribution in [0, 0.1) is 5.92 Å². The highest BCUT2D eigenvalue weighted by molar-refractivity contribution is 4.72. The molecule has 0 atom stereocenters. The van der Waals surface area contributed by atoms with Crippen LogP contribution in [0.25, 0.3) is 0 Å². The normalized spacial score (nSPS) is 17.2. The fourth-order valence-corrected chi connectivity index (χ4v) is 1.44. The van der Waals surface area contributed by atoms with Crippen molar-refractivity contribution in [3.8, 4) is 0 Å². The molecule has 0 N–H and O–H groups in total. The van der Waals surface area contributed by atoms with E-state index < -0.39 is 0 Å². The van der Waals surface area contributed by atoms with Crippen molar-refractivity contribution in [1.29, 1.82) is 0 Å². The Balaban J connectivity index is 0. The molecule has 0 spiro atoms. The first-order valence-corrected chi connectivity index (χ1v) is 6.54. The minimum Gasteiger partial charge on any atom is -0.384 e. The van der Waals surface area contributed by atoms with Crippen LogP contribution in [-0.2, 0) is 0 Å². The van der Waals surface area contributed by atoms with Gasteiger partial charge in [0.25, 0.3) is 0 Å². The van der Waals surface area contributed by atoms with Crippen LogP contribution in [-0.4, -0.2) is 44.0 Å². The number of rotatable bonds is 1. The molecule has 1 aliphatic heterocycles. The van der Waals surface area contributed by atoms with Crippen LogP contribution in [0.2, 0.25) is 0 Å². The van der Waals surface area contributed by atoms with Gasteiger partial charge in [0.1, 0.15) is 0 Å². The zero-order valence-corrected chi connectivity index (χ0v) is 12.5. The van der Waals surface area contributed by atoms with Crippen molar-refractivity contribution in [2.75, 3.05) is 34.2 Å². The van der Waals surface area contributed by atoms with Gasteiger partial charge in [0, 0.05) is 14.1 Å². The van der Waals surface area contributed by atoms with Crippen LogP contribution in [0.5, 0.6) is 0 Å². The number of allylic oxidation sites excluding steroid dienone is 1. The van der Waals surface area contributed by atoms with E-state index in [1.165, 1.54) is 25.9 Å². The van der Waals surface area contributed by atoms with Gasteiger partial charge >= 0.3 is 0 Å². The van der Waals surface area contributed by atoms with Crippen molar-refractivity contribution in [1.82, 2.24) is 9.80 Å². The summed E-state index contributed by atoms with van der Waals surface area (Å²) < 4.78 is 0. The van der Waals surface area contributed by atoms with E-state index in [-0.39, 0.29) is 0 Å². The molecule has 2 heteroatoms. The van der Waals surface area contributed by atoms with Gasteiger partial charge in [0.2, 0.25) is 0 Å². The highest BCUT2D eigenvalue weighted by Gasteiger charge is 2.10. The first-order valence-electron chi connectivity index (χ1n) is 6.54. The van der Waals surface area contributed by atoms with E-state index in [1.807, 2.05) is 52.0 Å². The largest absolute Gasteiger partial charge is 0.384 e. The molecule has 0 saturated carbocycles. The second-order valence-corrected chi connectivity index (χ2v) is 4.43. The Hall–Kier alpha value is -0.500. The van der Waals surface area contributed by atoms with E-state index in [1.54, 1.807) is 0 Å². The second-order valence-electron chi connectivity index (χ2n) is 4.43. The smallest absolute Gasteiger partial charge is 0.00555 e. The van der Waals surface area contributed by atoms with Crippen molar-refractivity contribution < 1.29 is 0 Å². The molecule has 0 amide bonds. The molecule has 1 saturated heterocycles. The molecule has 0 aromatic heterocycles. The average Bonchev–Trinajstić information content (AvgIpc) is 2.26. The maximum absolute atomic E-state index is 2.40. The third kappa shape index (κ3) is 13.5. The maximum Gasteiger partial charge on any atom is 0.00555 e. The molecule has 98 valence electrons. The summed E-state index contributed by atoms with van der Waals surface area (Å²) in [5.41, 5.74) is 0. The van der Waals surface area contributed by atoms with Crippen LogP contribution in [0.4, 0.5) is 0 Å². The molecule has 1 aliphatic rings. The molecule has 0 aromatic rings. The van der Waals surface area contributed by atoms with E-state index in [0.717, 1.165) is 5.92 Å². The summed E-state index contributed by atoms with van der Waals surface area (Å²) in [4.78, 5) is 4.40. The molecular weight excluding hydrogens is 196 g/mol. The molecule has 16 heavy (non-hydrogen) atoms. The third-order valence-corrected chi connectivity index (χ3v) is 2.45. The average molecular weight is 228 g/mol. The van der Waals surface area contributed by atoms with Gasteiger partial charge in [-0.1, -0.05) is 26.8 Å². The predicted molar refractivity (Wildman–Crippen MR) is 75.7 cm³/mol. The third-order valence-electron chi connectivity index (χ3n) is 2.45. The fraction of sp³-hybridized carbons (Fsp3) is 0.857. The Kier molecular flexibility index (Phi) is 14.0. The van der Waals surface area contributed by atoms with Crippen LogP contribution in [0.15, 0.2) is 12.3 Å². The first-order chi connectivity index (χ1) is 7.56. The Morgan fingerprint density at radius 1 is 1.12 bits per heavy atom. The van der Waals surface area contributed by atoms with Crippen molar-refractivity contribution in [3.63, 3.8) is 0 Å². The lowest BCUT2D eigenvalue weighted by molar-refractivity contribution is 0.230. The summed E-state index contributed by atoms with van der Waals surface area (Å²) in [5.74, 6) is 0.978. The Morgan fingerprint density at radius 2 is 1.56 bits per heavy atom. The van der Waals surface area contributed by atoms with Gasteiger partial charge in [-0.2, -0.15) is 0 Å². The minimum absolute atomic E-state index is 0.978. The highest BCUT2D eigenvalue weighted by Crippen LogP contribution is 2.13. The van der Waals surface area contributed by atoms with Gasteiger partial charge in [0.15, 0.2) is 0 Å². The van der Waals surface area contributed by atoms with Crippen LogP contribution in [0.1, 0.15) is 40.5 Å². The van der Waals surface area contributed by atoms with E-state index in [2.05, 4.69) is 18.9 Å². The summed E-state index contributed by atoms with van der Waals surface area (Å²) in [6, 6.07) is 0. The standard InChI is InChI=1S/C7H15N.C5H11N.C2H6/c1-7-3-5-8(2)6-4-7;1-4-5-6(2)3;1-2/h7H,3-6H2,1-2H3;4-5H,1-3H3;1-2H3/b;5-4-;. The zero-order chi connectivity index (χ0) is 13.0. The highest BCUT2D eigenvalue weighted by atomic mass is 15.1. The van der Waals surface area contributed by atoms with Crippen molar-refractivity contribution in [2.45, 2.75) is 40.5 Å². The lowest BCUT2D eigenvalue weighted by Gasteiger charge is -2.26. The van der Waals surface area contributed by atoms with Crippen molar-refractivity contribution >= 4 is 0 Å². The summed E-state index contributed by atoms with van der Waals surface area (Å²) >= 11 is 0. The number of nitrogens with zero attached hydrogens (tertiary/aromatic N) is 2. The number of hydrogen-bond donors (Lipinski definition) is 0. The lowest BCUT2D eigenvalue weighted by Crippen LogP contribution is -2.28. The van der Waals surface area contributed by atoms with Gasteiger partial charge in [0.05, 0.1) is 0 Å². The lowest BCUT2D eigenvalue weighted by atomic mass is 10.00. The molecule has 0 bridgehead atoms. The summed E-state index contributed by atoms with van der Waals surface area (Å²) in [5, 5.41) is 0. The van der Waals surface area contributed by atoms with E-state index >= 15 is 0 Å². The van der Waals surface area contributed by atoms with Gasteiger partial charge in [-0.15, -0.1) is 0 Å². The van der Waals surface area contributed by atoms with Crippen LogP contribution in [0.3, 0.4) is 0 Å². The van der Waals surface area contributed by atoms with Gasteiger partial charge in [-0.25, -0.2) is 0 Å². The predicted octanol–water partition coefficient (Wildman–Crippen LogP) is 3.46. The number of piperidine rings is 1. The van der Waals surface area contributed by atoms with Crippen LogP contribution >= 0.6 is 0 Å². The molecular formula is C14H32N2. The Labute approximate surface area is 103 Å². The number of likely N-dealkylation sites (tertiary alicyclic amines) is 1. The molecule has 0 aromatic carbocycles. The molecule has 1 rings (SSSR count).